The minimum atomic E-state index is -1.03. The number of ketones is 1. The van der Waals surface area contributed by atoms with Gasteiger partial charge in [0.2, 0.25) is 6.79 Å². The lowest BCUT2D eigenvalue weighted by Crippen LogP contribution is -2.09. The molecule has 0 bridgehead atoms. The van der Waals surface area contributed by atoms with E-state index in [9.17, 15) is 9.59 Å². The smallest absolute Gasteiger partial charge is 0.341 e. The number of carbonyl (C=O) groups excluding carboxylic acids is 1. The van der Waals surface area contributed by atoms with Crippen LogP contribution in [0, 0.1) is 0 Å². The van der Waals surface area contributed by atoms with Crippen LogP contribution in [0.4, 0.5) is 0 Å². The summed E-state index contributed by atoms with van der Waals surface area (Å²) in [5, 5.41) is 8.55. The number of rotatable bonds is 6. The van der Waals surface area contributed by atoms with E-state index in [2.05, 4.69) is 0 Å². The van der Waals surface area contributed by atoms with Crippen LogP contribution in [0.3, 0.4) is 0 Å². The maximum atomic E-state index is 12.2. The summed E-state index contributed by atoms with van der Waals surface area (Å²) in [7, 11) is 0. The number of carboxylic acids is 1. The van der Waals surface area contributed by atoms with Gasteiger partial charge in [0.1, 0.15) is 5.75 Å². The van der Waals surface area contributed by atoms with Gasteiger partial charge in [0, 0.05) is 5.56 Å². The number of aliphatic carboxylic acids is 1. The van der Waals surface area contributed by atoms with Gasteiger partial charge in [-0.1, -0.05) is 18.2 Å². The monoisotopic (exact) mass is 326 g/mol. The van der Waals surface area contributed by atoms with Gasteiger partial charge in [-0.25, -0.2) is 4.79 Å². The van der Waals surface area contributed by atoms with Crippen LogP contribution < -0.4 is 14.2 Å². The molecule has 0 saturated carbocycles. The average molecular weight is 326 g/mol. The van der Waals surface area contributed by atoms with Gasteiger partial charge in [0.25, 0.3) is 0 Å². The zero-order valence-corrected chi connectivity index (χ0v) is 12.6. The van der Waals surface area contributed by atoms with Crippen molar-refractivity contribution >= 4 is 17.8 Å². The van der Waals surface area contributed by atoms with E-state index in [1.54, 1.807) is 48.5 Å². The summed E-state index contributed by atoms with van der Waals surface area (Å²) in [6, 6.07) is 11.8. The Bertz CT molecular complexity index is 792. The Hall–Kier alpha value is -3.28. The fourth-order valence-electron chi connectivity index (χ4n) is 2.14. The van der Waals surface area contributed by atoms with Crippen molar-refractivity contribution < 1.29 is 28.9 Å². The van der Waals surface area contributed by atoms with Gasteiger partial charge in [0.15, 0.2) is 23.9 Å². The van der Waals surface area contributed by atoms with Crippen molar-refractivity contribution in [3.8, 4) is 17.2 Å². The van der Waals surface area contributed by atoms with E-state index in [1.807, 2.05) is 0 Å². The molecule has 0 radical (unpaired) electrons. The summed E-state index contributed by atoms with van der Waals surface area (Å²) in [5.74, 6) is 0.464. The number of benzene rings is 2. The molecule has 1 heterocycles. The summed E-state index contributed by atoms with van der Waals surface area (Å²) in [6.07, 6.45) is 3.14. The van der Waals surface area contributed by atoms with E-state index in [0.717, 1.165) is 5.56 Å². The molecule has 3 rings (SSSR count). The summed E-state index contributed by atoms with van der Waals surface area (Å²) in [5.41, 5.74) is 1.31. The van der Waals surface area contributed by atoms with Gasteiger partial charge in [-0.05, 0) is 42.0 Å². The first-order valence-corrected chi connectivity index (χ1v) is 7.18. The van der Waals surface area contributed by atoms with Crippen molar-refractivity contribution in [2.45, 2.75) is 0 Å². The summed E-state index contributed by atoms with van der Waals surface area (Å²) >= 11 is 0. The number of allylic oxidation sites excluding steroid dienone is 1. The third-order valence-corrected chi connectivity index (χ3v) is 3.33. The number of fused-ring (bicyclic) bond motifs is 1. The third kappa shape index (κ3) is 3.73. The molecule has 2 aromatic carbocycles. The molecule has 0 atom stereocenters. The topological polar surface area (TPSA) is 82.1 Å². The zero-order valence-electron chi connectivity index (χ0n) is 12.6. The quantitative estimate of drug-likeness (QED) is 0.649. The second-order valence-electron chi connectivity index (χ2n) is 5.02. The highest BCUT2D eigenvalue weighted by Gasteiger charge is 2.15. The second-order valence-corrected chi connectivity index (χ2v) is 5.02. The maximum absolute atomic E-state index is 12.2. The van der Waals surface area contributed by atoms with E-state index < -0.39 is 12.6 Å². The van der Waals surface area contributed by atoms with Crippen molar-refractivity contribution in [2.24, 2.45) is 0 Å². The first kappa shape index (κ1) is 15.6. The van der Waals surface area contributed by atoms with Gasteiger partial charge >= 0.3 is 5.97 Å². The summed E-state index contributed by atoms with van der Waals surface area (Å²) in [6.45, 7) is -0.225. The van der Waals surface area contributed by atoms with E-state index in [4.69, 9.17) is 19.3 Å². The molecule has 2 aromatic rings. The van der Waals surface area contributed by atoms with Crippen molar-refractivity contribution in [3.63, 3.8) is 0 Å². The standard InChI is InChI=1S/C18H14O6/c19-15(13-4-8-16-17(9-13)24-11-23-16)7-3-12-1-5-14(6-2-12)22-10-18(20)21/h1-9H,10-11H2,(H,20,21)/b7-3-. The SMILES string of the molecule is O=C(O)COc1ccc(/C=C\C(=O)c2ccc3c(c2)OCO3)cc1. The molecule has 0 unspecified atom stereocenters. The molecule has 0 amide bonds. The maximum Gasteiger partial charge on any atom is 0.341 e. The van der Waals surface area contributed by atoms with Crippen molar-refractivity contribution in [2.75, 3.05) is 13.4 Å². The predicted molar refractivity (Wildman–Crippen MR) is 85.5 cm³/mol. The van der Waals surface area contributed by atoms with Crippen LogP contribution in [0.15, 0.2) is 48.5 Å². The number of hydrogen-bond donors (Lipinski definition) is 1. The molecule has 122 valence electrons. The van der Waals surface area contributed by atoms with E-state index in [-0.39, 0.29) is 12.6 Å². The van der Waals surface area contributed by atoms with E-state index >= 15 is 0 Å². The average Bonchev–Trinajstić information content (AvgIpc) is 3.06. The Morgan fingerprint density at radius 2 is 1.83 bits per heavy atom. The Kier molecular flexibility index (Phi) is 4.47. The van der Waals surface area contributed by atoms with Crippen LogP contribution >= 0.6 is 0 Å². The largest absolute Gasteiger partial charge is 0.482 e. The first-order valence-electron chi connectivity index (χ1n) is 7.18. The predicted octanol–water partition coefficient (Wildman–Crippen LogP) is 2.77. The van der Waals surface area contributed by atoms with Gasteiger partial charge < -0.3 is 19.3 Å². The lowest BCUT2D eigenvalue weighted by atomic mass is 10.1. The fourth-order valence-corrected chi connectivity index (χ4v) is 2.14. The second kappa shape index (κ2) is 6.87. The first-order chi connectivity index (χ1) is 11.6. The molecule has 0 spiro atoms. The molecular formula is C18H14O6. The molecule has 1 N–H and O–H groups in total. The zero-order chi connectivity index (χ0) is 16.9. The Morgan fingerprint density at radius 3 is 2.58 bits per heavy atom. The molecule has 24 heavy (non-hydrogen) atoms. The lowest BCUT2D eigenvalue weighted by Gasteiger charge is -2.03. The fraction of sp³-hybridized carbons (Fsp3) is 0.111. The Balaban J connectivity index is 1.64. The summed E-state index contributed by atoms with van der Waals surface area (Å²) in [4.78, 5) is 22.6. The molecule has 0 aromatic heterocycles. The Labute approximate surface area is 137 Å². The highest BCUT2D eigenvalue weighted by Crippen LogP contribution is 2.32. The number of carbonyl (C=O) groups is 2. The normalized spacial score (nSPS) is 12.3. The molecular weight excluding hydrogens is 312 g/mol. The van der Waals surface area contributed by atoms with Crippen molar-refractivity contribution in [1.29, 1.82) is 0 Å². The van der Waals surface area contributed by atoms with Crippen LogP contribution in [0.25, 0.3) is 6.08 Å². The molecule has 0 aliphatic carbocycles. The van der Waals surface area contributed by atoms with Gasteiger partial charge in [-0.15, -0.1) is 0 Å². The molecule has 0 fully saturated rings. The molecule has 1 aliphatic rings. The molecule has 0 saturated heterocycles. The van der Waals surface area contributed by atoms with E-state index in [1.165, 1.54) is 6.08 Å². The highest BCUT2D eigenvalue weighted by atomic mass is 16.7. The summed E-state index contributed by atoms with van der Waals surface area (Å²) < 4.78 is 15.5. The van der Waals surface area contributed by atoms with Gasteiger partial charge in [-0.3, -0.25) is 4.79 Å². The number of ether oxygens (including phenoxy) is 3. The van der Waals surface area contributed by atoms with Crippen LogP contribution in [-0.2, 0) is 4.79 Å². The van der Waals surface area contributed by atoms with Crippen molar-refractivity contribution in [1.82, 2.24) is 0 Å². The Morgan fingerprint density at radius 1 is 1.08 bits per heavy atom. The lowest BCUT2D eigenvalue weighted by molar-refractivity contribution is -0.139. The van der Waals surface area contributed by atoms with Crippen molar-refractivity contribution in [3.05, 3.63) is 59.7 Å². The highest BCUT2D eigenvalue weighted by molar-refractivity contribution is 6.07. The van der Waals surface area contributed by atoms with Crippen LogP contribution in [0.1, 0.15) is 15.9 Å². The van der Waals surface area contributed by atoms with E-state index in [0.29, 0.717) is 22.8 Å². The van der Waals surface area contributed by atoms with Gasteiger partial charge in [-0.2, -0.15) is 0 Å². The number of carboxylic acid groups (broad SMARTS) is 1. The van der Waals surface area contributed by atoms with Crippen LogP contribution in [-0.4, -0.2) is 30.3 Å². The molecule has 6 heteroatoms. The minimum absolute atomic E-state index is 0.153. The molecule has 6 nitrogen and oxygen atoms in total. The minimum Gasteiger partial charge on any atom is -0.482 e. The van der Waals surface area contributed by atoms with Gasteiger partial charge in [0.05, 0.1) is 0 Å². The van der Waals surface area contributed by atoms with Crippen LogP contribution in [0.2, 0.25) is 0 Å². The molecule has 1 aliphatic heterocycles. The third-order valence-electron chi connectivity index (χ3n) is 3.33. The number of hydrogen-bond acceptors (Lipinski definition) is 5. The van der Waals surface area contributed by atoms with Crippen LogP contribution in [0.5, 0.6) is 17.2 Å².